The molecule has 0 aliphatic heterocycles. The van der Waals surface area contributed by atoms with E-state index in [-0.39, 0.29) is 19.0 Å². The second-order valence-electron chi connectivity index (χ2n) is 10.1. The highest BCUT2D eigenvalue weighted by molar-refractivity contribution is 6.77. The third-order valence-corrected chi connectivity index (χ3v) is 12.7. The fourth-order valence-corrected chi connectivity index (χ4v) is 10.2. The van der Waals surface area contributed by atoms with E-state index in [1.807, 2.05) is 12.1 Å². The summed E-state index contributed by atoms with van der Waals surface area (Å²) in [5.41, 5.74) is 6.05. The van der Waals surface area contributed by atoms with Gasteiger partial charge in [0.05, 0.1) is 39.6 Å². The molecule has 0 saturated carbocycles. The quantitative estimate of drug-likeness (QED) is 0.188. The minimum absolute atomic E-state index is 0.0263. The van der Waals surface area contributed by atoms with Crippen LogP contribution in [0.25, 0.3) is 0 Å². The van der Waals surface area contributed by atoms with Crippen molar-refractivity contribution in [2.45, 2.75) is 84.2 Å². The Bertz CT molecular complexity index is 896. The molecule has 0 amide bonds. The first-order chi connectivity index (χ1) is 17.0. The van der Waals surface area contributed by atoms with Crippen molar-refractivity contribution >= 4 is 14.3 Å². The molecule has 2 rings (SSSR count). The molecule has 0 bridgehead atoms. The summed E-state index contributed by atoms with van der Waals surface area (Å²) < 4.78 is 16.3. The number of methoxy groups -OCH3 is 2. The van der Waals surface area contributed by atoms with Gasteiger partial charge in [-0.15, -0.1) is 0 Å². The van der Waals surface area contributed by atoms with Crippen LogP contribution in [-0.2, 0) is 44.7 Å². The van der Waals surface area contributed by atoms with Crippen LogP contribution in [0.2, 0.25) is 16.6 Å². The Labute approximate surface area is 219 Å². The first-order valence-corrected chi connectivity index (χ1v) is 14.8. The van der Waals surface area contributed by atoms with E-state index in [0.717, 1.165) is 23.3 Å². The smallest absolute Gasteiger partial charge is 0.309 e. The van der Waals surface area contributed by atoms with Gasteiger partial charge in [-0.2, -0.15) is 0 Å². The third-order valence-electron chi connectivity index (χ3n) is 6.69. The highest BCUT2D eigenvalue weighted by Gasteiger charge is 2.44. The lowest BCUT2D eigenvalue weighted by molar-refractivity contribution is -0.139. The zero-order valence-corrected chi connectivity index (χ0v) is 24.5. The molecule has 1 N–H and O–H groups in total. The zero-order valence-electron chi connectivity index (χ0n) is 23.5. The highest BCUT2D eigenvalue weighted by Crippen LogP contribution is 2.42. The van der Waals surface area contributed by atoms with Crippen molar-refractivity contribution < 1.29 is 23.8 Å². The Morgan fingerprint density at radius 3 is 1.56 bits per heavy atom. The van der Waals surface area contributed by atoms with Gasteiger partial charge in [-0.05, 0) is 38.9 Å². The van der Waals surface area contributed by atoms with Crippen LogP contribution in [0.3, 0.4) is 0 Å². The Hall–Kier alpha value is -2.41. The van der Waals surface area contributed by atoms with Crippen molar-refractivity contribution in [1.29, 1.82) is 0 Å². The molecule has 36 heavy (non-hydrogen) atoms. The number of hydrogen-bond donors (Lipinski definition) is 1. The number of aliphatic hydroxyl groups excluding tert-OH is 1. The lowest BCUT2D eigenvalue weighted by Gasteiger charge is -2.42. The van der Waals surface area contributed by atoms with Gasteiger partial charge in [0, 0.05) is 6.42 Å². The Balaban J connectivity index is 0.000000420. The summed E-state index contributed by atoms with van der Waals surface area (Å²) in [6, 6.07) is 15.8. The van der Waals surface area contributed by atoms with Gasteiger partial charge in [-0.1, -0.05) is 96.7 Å². The average molecular weight is 515 g/mol. The molecule has 2 aromatic carbocycles. The molecule has 5 nitrogen and oxygen atoms in total. The number of benzene rings is 2. The maximum absolute atomic E-state index is 10.9. The Kier molecular flexibility index (Phi) is 13.7. The largest absolute Gasteiger partial charge is 0.501 e. The molecule has 0 heterocycles. The van der Waals surface area contributed by atoms with Gasteiger partial charge in [-0.25, -0.2) is 0 Å². The van der Waals surface area contributed by atoms with Gasteiger partial charge >= 0.3 is 5.97 Å². The van der Waals surface area contributed by atoms with Crippen LogP contribution < -0.4 is 0 Å². The third kappa shape index (κ3) is 9.56. The standard InChI is InChI=1S/C20H34O2Si.C10H12O3/c1-15(2)23(16(3)4,17(5)6)22-14-20-11-9-19(10-12-20)13-18(7)21-8;1-13-10(12)6-8-2-4-9(7-11)5-3-8/h9-12,15-17H,7,13-14H2,1-6,8H3;2-5,11H,6-7H2,1H3. The monoisotopic (exact) mass is 514 g/mol. The topological polar surface area (TPSA) is 65.0 Å². The molecule has 2 aromatic rings. The van der Waals surface area contributed by atoms with E-state index < -0.39 is 8.32 Å². The minimum Gasteiger partial charge on any atom is -0.501 e. The Morgan fingerprint density at radius 2 is 1.17 bits per heavy atom. The summed E-state index contributed by atoms with van der Waals surface area (Å²) in [6.45, 7) is 18.6. The zero-order chi connectivity index (χ0) is 27.3. The van der Waals surface area contributed by atoms with Crippen molar-refractivity contribution in [3.8, 4) is 0 Å². The van der Waals surface area contributed by atoms with E-state index in [1.54, 1.807) is 19.2 Å². The van der Waals surface area contributed by atoms with Crippen molar-refractivity contribution in [2.24, 2.45) is 0 Å². The van der Waals surface area contributed by atoms with E-state index in [1.165, 1.54) is 18.2 Å². The second-order valence-corrected chi connectivity index (χ2v) is 15.5. The number of allylic oxidation sites excluding steroid dienone is 1. The van der Waals surface area contributed by atoms with Crippen LogP contribution in [0.15, 0.2) is 60.9 Å². The number of ether oxygens (including phenoxy) is 2. The summed E-state index contributed by atoms with van der Waals surface area (Å²) in [5.74, 6) is 0.539. The number of esters is 1. The van der Waals surface area contributed by atoms with Crippen molar-refractivity contribution in [1.82, 2.24) is 0 Å². The van der Waals surface area contributed by atoms with Gasteiger partial charge in [0.2, 0.25) is 8.32 Å². The molecule has 0 spiro atoms. The first kappa shape index (κ1) is 31.6. The summed E-state index contributed by atoms with van der Waals surface area (Å²) >= 11 is 0. The Morgan fingerprint density at radius 1 is 0.750 bits per heavy atom. The average Bonchev–Trinajstić information content (AvgIpc) is 2.85. The van der Waals surface area contributed by atoms with Gasteiger partial charge in [-0.3, -0.25) is 4.79 Å². The van der Waals surface area contributed by atoms with Gasteiger partial charge in [0.1, 0.15) is 0 Å². The van der Waals surface area contributed by atoms with Crippen molar-refractivity contribution in [2.75, 3.05) is 14.2 Å². The molecule has 0 aliphatic rings. The van der Waals surface area contributed by atoms with Crippen LogP contribution in [0.1, 0.15) is 63.8 Å². The van der Waals surface area contributed by atoms with Crippen LogP contribution in [0.4, 0.5) is 0 Å². The number of carbonyl (C=O) groups is 1. The number of rotatable bonds is 12. The molecule has 0 fully saturated rings. The number of aliphatic hydroxyl groups is 1. The lowest BCUT2D eigenvalue weighted by Crippen LogP contribution is -2.47. The molecule has 0 saturated heterocycles. The first-order valence-electron chi connectivity index (χ1n) is 12.7. The number of carbonyl (C=O) groups excluding carboxylic acids is 1. The maximum atomic E-state index is 10.9. The molecule has 0 unspecified atom stereocenters. The van der Waals surface area contributed by atoms with Crippen LogP contribution >= 0.6 is 0 Å². The van der Waals surface area contributed by atoms with Crippen LogP contribution in [0, 0.1) is 0 Å². The maximum Gasteiger partial charge on any atom is 0.309 e. The summed E-state index contributed by atoms with van der Waals surface area (Å²) in [5, 5.41) is 8.76. The van der Waals surface area contributed by atoms with Crippen LogP contribution in [-0.4, -0.2) is 33.6 Å². The fourth-order valence-electron chi connectivity index (χ4n) is 4.76. The van der Waals surface area contributed by atoms with Crippen molar-refractivity contribution in [3.63, 3.8) is 0 Å². The van der Waals surface area contributed by atoms with Gasteiger partial charge in [0.15, 0.2) is 0 Å². The molecular weight excluding hydrogens is 468 g/mol. The molecule has 0 radical (unpaired) electrons. The molecule has 0 aliphatic carbocycles. The summed E-state index contributed by atoms with van der Waals surface area (Å²) in [7, 11) is 1.24. The van der Waals surface area contributed by atoms with Crippen molar-refractivity contribution in [3.05, 3.63) is 83.1 Å². The van der Waals surface area contributed by atoms with E-state index >= 15 is 0 Å². The minimum atomic E-state index is -1.79. The normalized spacial score (nSPS) is 11.3. The summed E-state index contributed by atoms with van der Waals surface area (Å²) in [6.07, 6.45) is 1.04. The predicted molar refractivity (Wildman–Crippen MR) is 150 cm³/mol. The van der Waals surface area contributed by atoms with E-state index in [4.69, 9.17) is 14.3 Å². The van der Waals surface area contributed by atoms with E-state index in [0.29, 0.717) is 23.2 Å². The summed E-state index contributed by atoms with van der Waals surface area (Å²) in [4.78, 5) is 10.9. The lowest BCUT2D eigenvalue weighted by atomic mass is 10.1. The molecule has 0 aromatic heterocycles. The predicted octanol–water partition coefficient (Wildman–Crippen LogP) is 6.98. The van der Waals surface area contributed by atoms with Gasteiger partial charge < -0.3 is 19.0 Å². The SMILES string of the molecule is C=C(Cc1ccc(CO[Si](C(C)C)(C(C)C)C(C)C)cc1)OC.COC(=O)Cc1ccc(CO)cc1. The second kappa shape index (κ2) is 15.6. The molecule has 6 heteroatoms. The fraction of sp³-hybridized carbons (Fsp3) is 0.500. The number of hydrogen-bond acceptors (Lipinski definition) is 5. The van der Waals surface area contributed by atoms with Gasteiger partial charge in [0.25, 0.3) is 0 Å². The molecule has 200 valence electrons. The van der Waals surface area contributed by atoms with E-state index in [2.05, 4.69) is 77.1 Å². The van der Waals surface area contributed by atoms with E-state index in [9.17, 15) is 4.79 Å². The van der Waals surface area contributed by atoms with Crippen LogP contribution in [0.5, 0.6) is 0 Å². The molecular formula is C30H46O5Si. The molecule has 0 atom stereocenters. The highest BCUT2D eigenvalue weighted by atomic mass is 28.4.